The molecule has 388 valence electrons. The van der Waals surface area contributed by atoms with Crippen molar-refractivity contribution in [3.63, 3.8) is 0 Å². The van der Waals surface area contributed by atoms with Crippen LogP contribution in [-0.2, 0) is 66.5 Å². The molecule has 4 aliphatic rings. The Morgan fingerprint density at radius 1 is 0.746 bits per heavy atom. The van der Waals surface area contributed by atoms with Gasteiger partial charge in [0, 0.05) is 51.2 Å². The maximum atomic E-state index is 15.0. The van der Waals surface area contributed by atoms with Crippen molar-refractivity contribution in [2.45, 2.75) is 219 Å². The van der Waals surface area contributed by atoms with E-state index in [1.54, 1.807) is 62.3 Å². The second-order valence-electron chi connectivity index (χ2n) is 20.9. The highest BCUT2D eigenvalue weighted by molar-refractivity contribution is 5.89. The molecule has 0 radical (unpaired) electrons. The molecule has 0 aliphatic carbocycles. The number of aliphatic hydroxyl groups excluding tert-OH is 3. The summed E-state index contributed by atoms with van der Waals surface area (Å²) in [6.07, 6.45) is -16.7. The molecule has 23 atom stereocenters. The Hall–Kier alpha value is -2.24. The SMILES string of the molecule is CO[C@@H]1[C@H](O)[C@@H](C)O[C@@H](OC[C@H](C)[C@H]2OC(=O)[C@H](C)[C@@H](O[C@H]3C[C@@](C)(O)[C@@H](O)[C@H](C)O3)[C@H](C)[C@@H](O[C@@H]3O[C@H](C)CC(=O)[C@H]3O)[C@@H](C)C[C@](C)(O)C(=O)[C@H](C)[C@H](OC(=O)CC(C)C)[C@H]2C)[C@@H]1OC. The van der Waals surface area contributed by atoms with E-state index in [9.17, 15) is 44.7 Å². The van der Waals surface area contributed by atoms with Crippen molar-refractivity contribution in [2.75, 3.05) is 20.8 Å². The van der Waals surface area contributed by atoms with Crippen LogP contribution < -0.4 is 0 Å². The van der Waals surface area contributed by atoms with Crippen molar-refractivity contribution < 1.29 is 92.1 Å². The number of rotatable bonds is 13. The summed E-state index contributed by atoms with van der Waals surface area (Å²) in [6, 6.07) is 0. The fourth-order valence-corrected chi connectivity index (χ4v) is 10.4. The van der Waals surface area contributed by atoms with E-state index in [0.29, 0.717) is 0 Å². The van der Waals surface area contributed by atoms with Crippen LogP contribution in [0.15, 0.2) is 0 Å². The predicted molar refractivity (Wildman–Crippen MR) is 238 cm³/mol. The summed E-state index contributed by atoms with van der Waals surface area (Å²) < 4.78 is 61.4. The molecule has 19 heteroatoms. The molecule has 0 saturated carbocycles. The fourth-order valence-electron chi connectivity index (χ4n) is 10.4. The van der Waals surface area contributed by atoms with Gasteiger partial charge in [-0.25, -0.2) is 0 Å². The molecular weight excluding hydrogens is 881 g/mol. The highest BCUT2D eigenvalue weighted by atomic mass is 16.7. The van der Waals surface area contributed by atoms with E-state index in [0.717, 1.165) is 0 Å². The standard InChI is InChI=1S/C48H82O19/c1-21(2)16-32(50)64-38-26(7)37(23(4)20-60-46-41(59-15)40(58-14)34(51)29(10)63-46)66-44(55)28(9)39(65-33-19-48(13,57)43(54)30(11)62-33)25(6)36(22(3)18-47(12,56)42(53)27(38)8)67-45-35(52)31(49)17-24(5)61-45/h21-30,33-41,43,45-46,51-52,54,56-57H,16-20H2,1-15H3/t22-,23-,24+,25+,26-,27+,28+,29+,30-,33-,34+,35+,36-,37+,38+,39-,40+,41+,43-,45-,46+,47-,48+/m0/s1. The van der Waals surface area contributed by atoms with E-state index >= 15 is 0 Å². The molecule has 0 aromatic carbocycles. The number of Topliss-reactive ketones (excluding diaryl/α,β-unsaturated/α-hetero) is 2. The van der Waals surface area contributed by atoms with Gasteiger partial charge in [-0.2, -0.15) is 0 Å². The van der Waals surface area contributed by atoms with Crippen molar-refractivity contribution in [2.24, 2.45) is 41.4 Å². The lowest BCUT2D eigenvalue weighted by Crippen LogP contribution is -2.59. The third kappa shape index (κ3) is 13.8. The van der Waals surface area contributed by atoms with Crippen LogP contribution in [-0.4, -0.2) is 173 Å². The fraction of sp³-hybridized carbons (Fsp3) is 0.917. The van der Waals surface area contributed by atoms with Gasteiger partial charge in [-0.15, -0.1) is 0 Å². The minimum Gasteiger partial charge on any atom is -0.461 e. The number of ether oxygens (including phenoxy) is 10. The smallest absolute Gasteiger partial charge is 0.311 e. The second kappa shape index (κ2) is 23.8. The lowest BCUT2D eigenvalue weighted by Gasteiger charge is -2.46. The van der Waals surface area contributed by atoms with Crippen LogP contribution in [0, 0.1) is 41.4 Å². The number of esters is 2. The lowest BCUT2D eigenvalue weighted by molar-refractivity contribution is -0.305. The summed E-state index contributed by atoms with van der Waals surface area (Å²) in [5.74, 6) is -8.28. The zero-order valence-electron chi connectivity index (χ0n) is 42.2. The average Bonchev–Trinajstić information content (AvgIpc) is 3.24. The van der Waals surface area contributed by atoms with Crippen molar-refractivity contribution in [3.05, 3.63) is 0 Å². The number of hydrogen-bond donors (Lipinski definition) is 5. The normalized spacial score (nSPS) is 45.8. The number of methoxy groups -OCH3 is 2. The molecule has 4 fully saturated rings. The second-order valence-corrected chi connectivity index (χ2v) is 20.9. The molecule has 0 bridgehead atoms. The van der Waals surface area contributed by atoms with Crippen LogP contribution in [0.3, 0.4) is 0 Å². The van der Waals surface area contributed by atoms with Crippen LogP contribution >= 0.6 is 0 Å². The third-order valence-electron chi connectivity index (χ3n) is 14.2. The highest BCUT2D eigenvalue weighted by Gasteiger charge is 2.52. The van der Waals surface area contributed by atoms with Gasteiger partial charge in [0.25, 0.3) is 0 Å². The number of cyclic esters (lactones) is 1. The van der Waals surface area contributed by atoms with Crippen molar-refractivity contribution in [1.29, 1.82) is 0 Å². The van der Waals surface area contributed by atoms with E-state index < -0.39 is 162 Å². The first-order valence-corrected chi connectivity index (χ1v) is 24.0. The zero-order chi connectivity index (χ0) is 50.6. The number of hydrogen-bond acceptors (Lipinski definition) is 19. The molecule has 4 heterocycles. The summed E-state index contributed by atoms with van der Waals surface area (Å²) in [5, 5.41) is 56.1. The first kappa shape index (κ1) is 57.3. The summed E-state index contributed by atoms with van der Waals surface area (Å²) in [4.78, 5) is 56.2. The molecule has 4 aliphatic heterocycles. The van der Waals surface area contributed by atoms with Gasteiger partial charge in [0.15, 0.2) is 36.5 Å². The van der Waals surface area contributed by atoms with Gasteiger partial charge in [-0.05, 0) is 59.8 Å². The molecular formula is C48H82O19. The summed E-state index contributed by atoms with van der Waals surface area (Å²) >= 11 is 0. The minimum atomic E-state index is -2.09. The van der Waals surface area contributed by atoms with E-state index in [2.05, 4.69) is 0 Å². The quantitative estimate of drug-likeness (QED) is 0.166. The molecule has 19 nitrogen and oxygen atoms in total. The van der Waals surface area contributed by atoms with Crippen LogP contribution in [0.2, 0.25) is 0 Å². The summed E-state index contributed by atoms with van der Waals surface area (Å²) in [7, 11) is 2.86. The topological polar surface area (TPSA) is 262 Å². The number of carbonyl (C=O) groups excluding carboxylic acids is 4. The summed E-state index contributed by atoms with van der Waals surface area (Å²) in [5.41, 5.74) is -3.75. The van der Waals surface area contributed by atoms with Gasteiger partial charge in [-0.1, -0.05) is 48.5 Å². The van der Waals surface area contributed by atoms with Crippen LogP contribution in [0.4, 0.5) is 0 Å². The molecule has 4 rings (SSSR count). The average molecular weight is 963 g/mol. The Bertz CT molecular complexity index is 1640. The molecule has 0 aromatic rings. The number of aliphatic hydroxyl groups is 5. The maximum Gasteiger partial charge on any atom is 0.311 e. The Balaban J connectivity index is 1.86. The van der Waals surface area contributed by atoms with Gasteiger partial charge in [-0.3, -0.25) is 19.2 Å². The first-order valence-electron chi connectivity index (χ1n) is 24.0. The number of carbonyl (C=O) groups is 4. The Morgan fingerprint density at radius 2 is 1.37 bits per heavy atom. The first-order chi connectivity index (χ1) is 31.1. The molecule has 67 heavy (non-hydrogen) atoms. The number of ketones is 2. The van der Waals surface area contributed by atoms with Gasteiger partial charge in [0.2, 0.25) is 0 Å². The van der Waals surface area contributed by atoms with Crippen LogP contribution in [0.1, 0.15) is 116 Å². The largest absolute Gasteiger partial charge is 0.461 e. The maximum absolute atomic E-state index is 15.0. The molecule has 0 amide bonds. The predicted octanol–water partition coefficient (Wildman–Crippen LogP) is 2.63. The Labute approximate surface area is 396 Å². The van der Waals surface area contributed by atoms with Crippen LogP contribution in [0.25, 0.3) is 0 Å². The monoisotopic (exact) mass is 963 g/mol. The highest BCUT2D eigenvalue weighted by Crippen LogP contribution is 2.40. The summed E-state index contributed by atoms with van der Waals surface area (Å²) in [6.45, 7) is 21.2. The van der Waals surface area contributed by atoms with E-state index in [1.807, 2.05) is 13.8 Å². The molecule has 5 N–H and O–H groups in total. The van der Waals surface area contributed by atoms with E-state index in [1.165, 1.54) is 28.1 Å². The van der Waals surface area contributed by atoms with Crippen molar-refractivity contribution in [1.82, 2.24) is 0 Å². The zero-order valence-corrected chi connectivity index (χ0v) is 42.2. The van der Waals surface area contributed by atoms with Gasteiger partial charge in [0.05, 0.1) is 54.6 Å². The molecule has 0 aromatic heterocycles. The Morgan fingerprint density at radius 3 is 1.96 bits per heavy atom. The third-order valence-corrected chi connectivity index (χ3v) is 14.2. The van der Waals surface area contributed by atoms with Gasteiger partial charge in [0.1, 0.15) is 42.2 Å². The Kier molecular flexibility index (Phi) is 20.4. The van der Waals surface area contributed by atoms with Gasteiger partial charge >= 0.3 is 11.9 Å². The van der Waals surface area contributed by atoms with Crippen molar-refractivity contribution >= 4 is 23.5 Å². The molecule has 4 saturated heterocycles. The lowest BCUT2D eigenvalue weighted by atomic mass is 9.74. The van der Waals surface area contributed by atoms with E-state index in [-0.39, 0.29) is 38.2 Å². The van der Waals surface area contributed by atoms with Gasteiger partial charge < -0.3 is 72.9 Å². The minimum absolute atomic E-state index is 0.0116. The van der Waals surface area contributed by atoms with Crippen LogP contribution in [0.5, 0.6) is 0 Å². The molecule has 0 spiro atoms. The molecule has 0 unspecified atom stereocenters. The van der Waals surface area contributed by atoms with Crippen molar-refractivity contribution in [3.8, 4) is 0 Å². The van der Waals surface area contributed by atoms with E-state index in [4.69, 9.17) is 47.4 Å².